The van der Waals surface area contributed by atoms with Crippen LogP contribution >= 0.6 is 0 Å². The monoisotopic (exact) mass is 242 g/mol. The predicted molar refractivity (Wildman–Crippen MR) is 55.9 cm³/mol. The zero-order chi connectivity index (χ0) is 13.2. The summed E-state index contributed by atoms with van der Waals surface area (Å²) in [7, 11) is 1.26. The quantitative estimate of drug-likeness (QED) is 0.513. The van der Waals surface area contributed by atoms with Crippen molar-refractivity contribution in [1.29, 1.82) is 0 Å². The van der Waals surface area contributed by atoms with E-state index in [1.54, 1.807) is 0 Å². The molecule has 0 spiro atoms. The van der Waals surface area contributed by atoms with E-state index in [9.17, 15) is 20.0 Å². The van der Waals surface area contributed by atoms with Crippen molar-refractivity contribution in [1.82, 2.24) is 0 Å². The summed E-state index contributed by atoms with van der Waals surface area (Å²) < 4.78 is 4.77. The number of phenols is 1. The second-order valence-electron chi connectivity index (χ2n) is 3.16. The van der Waals surface area contributed by atoms with Crippen LogP contribution in [0.5, 0.6) is 11.5 Å². The Hall–Kier alpha value is -2.35. The summed E-state index contributed by atoms with van der Waals surface area (Å²) in [5, 5.41) is 28.9. The molecule has 0 fully saturated rings. The summed E-state index contributed by atoms with van der Waals surface area (Å²) in [5.41, 5.74) is 4.36. The minimum absolute atomic E-state index is 0.0428. The molecule has 8 nitrogen and oxygen atoms in total. The molecule has 0 saturated carbocycles. The van der Waals surface area contributed by atoms with Gasteiger partial charge in [-0.15, -0.1) is 0 Å². The summed E-state index contributed by atoms with van der Waals surface area (Å²) in [5.74, 6) is -2.14. The van der Waals surface area contributed by atoms with E-state index in [0.717, 1.165) is 12.1 Å². The van der Waals surface area contributed by atoms with Gasteiger partial charge in [-0.3, -0.25) is 14.9 Å². The van der Waals surface area contributed by atoms with Crippen molar-refractivity contribution in [3.63, 3.8) is 0 Å². The largest absolute Gasteiger partial charge is 0.502 e. The van der Waals surface area contributed by atoms with Crippen molar-refractivity contribution in [2.24, 2.45) is 5.73 Å². The molecule has 0 aliphatic rings. The molecule has 0 aliphatic heterocycles. The minimum Gasteiger partial charge on any atom is -0.502 e. The summed E-state index contributed by atoms with van der Waals surface area (Å²) in [4.78, 5) is 20.5. The first kappa shape index (κ1) is 12.7. The Labute approximate surface area is 95.4 Å². The van der Waals surface area contributed by atoms with Crippen LogP contribution in [-0.4, -0.2) is 28.2 Å². The summed E-state index contributed by atoms with van der Waals surface area (Å²) in [6.07, 6.45) is 0. The van der Waals surface area contributed by atoms with Crippen LogP contribution in [0.2, 0.25) is 0 Å². The van der Waals surface area contributed by atoms with Gasteiger partial charge in [0.2, 0.25) is 0 Å². The van der Waals surface area contributed by atoms with Gasteiger partial charge in [0.1, 0.15) is 11.8 Å². The number of nitro groups is 1. The number of aromatic hydroxyl groups is 1. The lowest BCUT2D eigenvalue weighted by Crippen LogP contribution is -2.21. The van der Waals surface area contributed by atoms with Crippen LogP contribution < -0.4 is 10.5 Å². The maximum Gasteiger partial charge on any atom is 0.325 e. The van der Waals surface area contributed by atoms with E-state index in [2.05, 4.69) is 0 Å². The molecule has 0 amide bonds. The average molecular weight is 242 g/mol. The van der Waals surface area contributed by atoms with Crippen molar-refractivity contribution in [3.05, 3.63) is 27.8 Å². The number of aliphatic carboxylic acids is 1. The van der Waals surface area contributed by atoms with Crippen LogP contribution in [0.4, 0.5) is 5.69 Å². The second kappa shape index (κ2) is 4.66. The Morgan fingerprint density at radius 3 is 2.59 bits per heavy atom. The first-order valence-corrected chi connectivity index (χ1v) is 4.42. The van der Waals surface area contributed by atoms with Crippen molar-refractivity contribution in [2.45, 2.75) is 6.04 Å². The number of carbonyl (C=O) groups is 1. The molecule has 1 atom stereocenters. The maximum atomic E-state index is 10.7. The standard InChI is InChI=1S/C9H10N2O6/c1-17-4-2-5(7(10)9(13)14)8(12)6(3-4)11(15)16/h2-3,7,12H,10H2,1H3,(H,13,14)/t7-/m1/s1. The highest BCUT2D eigenvalue weighted by molar-refractivity contribution is 5.77. The Morgan fingerprint density at radius 1 is 1.59 bits per heavy atom. The van der Waals surface area contributed by atoms with Gasteiger partial charge >= 0.3 is 11.7 Å². The van der Waals surface area contributed by atoms with Gasteiger partial charge in [0.25, 0.3) is 0 Å². The average Bonchev–Trinajstić information content (AvgIpc) is 2.27. The van der Waals surface area contributed by atoms with Crippen LogP contribution in [-0.2, 0) is 4.79 Å². The van der Waals surface area contributed by atoms with Crippen LogP contribution in [0, 0.1) is 10.1 Å². The lowest BCUT2D eigenvalue weighted by atomic mass is 10.0. The van der Waals surface area contributed by atoms with Gasteiger partial charge in [-0.2, -0.15) is 0 Å². The van der Waals surface area contributed by atoms with E-state index in [1.165, 1.54) is 7.11 Å². The van der Waals surface area contributed by atoms with Gasteiger partial charge in [-0.1, -0.05) is 0 Å². The van der Waals surface area contributed by atoms with Gasteiger partial charge in [-0.05, 0) is 6.07 Å². The number of methoxy groups -OCH3 is 1. The van der Waals surface area contributed by atoms with E-state index in [4.69, 9.17) is 15.6 Å². The first-order valence-electron chi connectivity index (χ1n) is 4.42. The highest BCUT2D eigenvalue weighted by atomic mass is 16.6. The lowest BCUT2D eigenvalue weighted by molar-refractivity contribution is -0.386. The molecule has 0 heterocycles. The van der Waals surface area contributed by atoms with Crippen molar-refractivity contribution < 1.29 is 24.7 Å². The number of carboxylic acid groups (broad SMARTS) is 1. The number of carboxylic acids is 1. The van der Waals surface area contributed by atoms with E-state index in [-0.39, 0.29) is 11.3 Å². The molecule has 0 bridgehead atoms. The molecular weight excluding hydrogens is 232 g/mol. The number of nitro benzene ring substituents is 1. The number of phenolic OH excluding ortho intramolecular Hbond substituents is 1. The van der Waals surface area contributed by atoms with Crippen molar-refractivity contribution in [3.8, 4) is 11.5 Å². The summed E-state index contributed by atoms with van der Waals surface area (Å²) in [6, 6.07) is 0.554. The first-order chi connectivity index (χ1) is 7.88. The minimum atomic E-state index is -1.57. The third-order valence-electron chi connectivity index (χ3n) is 2.13. The third-order valence-corrected chi connectivity index (χ3v) is 2.13. The molecule has 1 aromatic carbocycles. The zero-order valence-corrected chi connectivity index (χ0v) is 8.78. The topological polar surface area (TPSA) is 136 Å². The van der Waals surface area contributed by atoms with E-state index in [0.29, 0.717) is 0 Å². The van der Waals surface area contributed by atoms with Gasteiger partial charge in [0.05, 0.1) is 18.1 Å². The third kappa shape index (κ3) is 2.42. The molecule has 0 unspecified atom stereocenters. The number of benzene rings is 1. The van der Waals surface area contributed by atoms with E-state index < -0.39 is 28.4 Å². The highest BCUT2D eigenvalue weighted by Gasteiger charge is 2.26. The Bertz CT molecular complexity index is 473. The number of hydrogen-bond donors (Lipinski definition) is 3. The molecule has 17 heavy (non-hydrogen) atoms. The van der Waals surface area contributed by atoms with Crippen LogP contribution in [0.25, 0.3) is 0 Å². The number of rotatable bonds is 4. The molecule has 8 heteroatoms. The normalized spacial score (nSPS) is 11.9. The van der Waals surface area contributed by atoms with Gasteiger partial charge < -0.3 is 20.7 Å². The van der Waals surface area contributed by atoms with E-state index >= 15 is 0 Å². The Kier molecular flexibility index (Phi) is 3.49. The molecule has 1 rings (SSSR count). The molecule has 92 valence electrons. The van der Waals surface area contributed by atoms with Crippen LogP contribution in [0.15, 0.2) is 12.1 Å². The molecule has 4 N–H and O–H groups in total. The Balaban J connectivity index is 3.43. The SMILES string of the molecule is COc1cc([C@@H](N)C(=O)O)c(O)c([N+](=O)[O-])c1. The smallest absolute Gasteiger partial charge is 0.325 e. The molecular formula is C9H10N2O6. The molecule has 0 saturated heterocycles. The zero-order valence-electron chi connectivity index (χ0n) is 8.78. The summed E-state index contributed by atoms with van der Waals surface area (Å²) in [6.45, 7) is 0. The van der Waals surface area contributed by atoms with E-state index in [1.807, 2.05) is 0 Å². The fraction of sp³-hybridized carbons (Fsp3) is 0.222. The van der Waals surface area contributed by atoms with Crippen LogP contribution in [0.3, 0.4) is 0 Å². The number of ether oxygens (including phenoxy) is 1. The molecule has 1 aromatic rings. The number of nitrogens with two attached hydrogens (primary N) is 1. The summed E-state index contributed by atoms with van der Waals surface area (Å²) >= 11 is 0. The molecule has 0 aromatic heterocycles. The Morgan fingerprint density at radius 2 is 2.18 bits per heavy atom. The fourth-order valence-electron chi connectivity index (χ4n) is 1.24. The van der Waals surface area contributed by atoms with Crippen molar-refractivity contribution >= 4 is 11.7 Å². The molecule has 0 radical (unpaired) electrons. The number of hydrogen-bond acceptors (Lipinski definition) is 6. The van der Waals surface area contributed by atoms with Gasteiger partial charge in [-0.25, -0.2) is 0 Å². The maximum absolute atomic E-state index is 10.7. The van der Waals surface area contributed by atoms with Crippen molar-refractivity contribution in [2.75, 3.05) is 7.11 Å². The fourth-order valence-corrected chi connectivity index (χ4v) is 1.24. The highest BCUT2D eigenvalue weighted by Crippen LogP contribution is 2.36. The van der Waals surface area contributed by atoms with Crippen LogP contribution in [0.1, 0.15) is 11.6 Å². The predicted octanol–water partition coefficient (Wildman–Crippen LogP) is 0.393. The van der Waals surface area contributed by atoms with Gasteiger partial charge in [0.15, 0.2) is 5.75 Å². The van der Waals surface area contributed by atoms with Gasteiger partial charge in [0, 0.05) is 5.56 Å². The second-order valence-corrected chi connectivity index (χ2v) is 3.16. The molecule has 0 aliphatic carbocycles. The number of nitrogens with zero attached hydrogens (tertiary/aromatic N) is 1. The lowest BCUT2D eigenvalue weighted by Gasteiger charge is -2.11.